The maximum atomic E-state index is 12.8. The lowest BCUT2D eigenvalue weighted by molar-refractivity contribution is -0.130. The molecule has 2 heterocycles. The third kappa shape index (κ3) is 4.26. The van der Waals surface area contributed by atoms with Crippen LogP contribution in [0, 0.1) is 19.8 Å². The molecule has 0 bridgehead atoms. The largest absolute Gasteiger partial charge is 0.506 e. The molecule has 0 spiro atoms. The van der Waals surface area contributed by atoms with Crippen LogP contribution < -0.4 is 4.90 Å². The summed E-state index contributed by atoms with van der Waals surface area (Å²) in [5, 5.41) is 14.6. The second-order valence-corrected chi connectivity index (χ2v) is 7.76. The van der Waals surface area contributed by atoms with Crippen molar-refractivity contribution in [1.82, 2.24) is 14.7 Å². The second kappa shape index (κ2) is 8.03. The van der Waals surface area contributed by atoms with Gasteiger partial charge in [-0.05, 0) is 31.9 Å². The van der Waals surface area contributed by atoms with E-state index < -0.39 is 0 Å². The van der Waals surface area contributed by atoms with Crippen molar-refractivity contribution in [1.29, 1.82) is 0 Å². The van der Waals surface area contributed by atoms with Crippen LogP contribution in [0.1, 0.15) is 30.8 Å². The summed E-state index contributed by atoms with van der Waals surface area (Å²) in [6.45, 7) is 12.1. The van der Waals surface area contributed by atoms with E-state index in [-0.39, 0.29) is 5.91 Å². The highest BCUT2D eigenvalue weighted by Gasteiger charge is 2.24. The number of rotatable bonds is 5. The summed E-state index contributed by atoms with van der Waals surface area (Å²) in [7, 11) is 0. The number of nitrogens with zero attached hydrogens (tertiary/aromatic N) is 4. The van der Waals surface area contributed by atoms with Gasteiger partial charge in [0.25, 0.3) is 0 Å². The SMILES string of the molecule is Cc1nn(CC(C)C)c(C)c1CC(=O)N1CCN(c2ccccc2O)CC1. The molecule has 0 unspecified atom stereocenters. The molecule has 2 aromatic rings. The first-order valence-electron chi connectivity index (χ1n) is 9.70. The lowest BCUT2D eigenvalue weighted by atomic mass is 10.1. The van der Waals surface area contributed by atoms with Crippen LogP contribution >= 0.6 is 0 Å². The zero-order valence-corrected chi connectivity index (χ0v) is 16.8. The van der Waals surface area contributed by atoms with Crippen molar-refractivity contribution < 1.29 is 9.90 Å². The third-order valence-corrected chi connectivity index (χ3v) is 5.25. The van der Waals surface area contributed by atoms with Crippen LogP contribution in [0.4, 0.5) is 5.69 Å². The standard InChI is InChI=1S/C21H30N4O2/c1-15(2)14-25-17(4)18(16(3)22-25)13-21(27)24-11-9-23(10-12-24)19-7-5-6-8-20(19)26/h5-8,15,26H,9-14H2,1-4H3. The monoisotopic (exact) mass is 370 g/mol. The topological polar surface area (TPSA) is 61.6 Å². The summed E-state index contributed by atoms with van der Waals surface area (Å²) < 4.78 is 2.03. The fourth-order valence-corrected chi connectivity index (χ4v) is 3.70. The van der Waals surface area contributed by atoms with Gasteiger partial charge in [-0.1, -0.05) is 26.0 Å². The number of hydrogen-bond acceptors (Lipinski definition) is 4. The van der Waals surface area contributed by atoms with Crippen molar-refractivity contribution in [3.05, 3.63) is 41.2 Å². The van der Waals surface area contributed by atoms with Crippen molar-refractivity contribution in [2.75, 3.05) is 31.1 Å². The average Bonchev–Trinajstić information content (AvgIpc) is 2.89. The van der Waals surface area contributed by atoms with Gasteiger partial charge in [-0.2, -0.15) is 5.10 Å². The van der Waals surface area contributed by atoms with Crippen LogP contribution in [0.15, 0.2) is 24.3 Å². The third-order valence-electron chi connectivity index (χ3n) is 5.25. The van der Waals surface area contributed by atoms with Crippen LogP contribution in [-0.2, 0) is 17.8 Å². The fraction of sp³-hybridized carbons (Fsp3) is 0.524. The Morgan fingerprint density at radius 3 is 2.44 bits per heavy atom. The smallest absolute Gasteiger partial charge is 0.227 e. The Hall–Kier alpha value is -2.50. The van der Waals surface area contributed by atoms with Gasteiger partial charge >= 0.3 is 0 Å². The lowest BCUT2D eigenvalue weighted by Crippen LogP contribution is -2.49. The quantitative estimate of drug-likeness (QED) is 0.879. The molecular formula is C21H30N4O2. The first kappa shape index (κ1) is 19.3. The molecule has 0 radical (unpaired) electrons. The van der Waals surface area contributed by atoms with E-state index in [2.05, 4.69) is 30.8 Å². The normalized spacial score (nSPS) is 14.9. The Morgan fingerprint density at radius 1 is 1.15 bits per heavy atom. The van der Waals surface area contributed by atoms with E-state index in [1.807, 2.05) is 34.7 Å². The van der Waals surface area contributed by atoms with Gasteiger partial charge in [0, 0.05) is 44.0 Å². The summed E-state index contributed by atoms with van der Waals surface area (Å²) in [5.41, 5.74) is 3.95. The number of piperazine rings is 1. The Balaban J connectivity index is 1.62. The molecule has 3 rings (SSSR count). The predicted molar refractivity (Wildman–Crippen MR) is 107 cm³/mol. The van der Waals surface area contributed by atoms with E-state index in [1.165, 1.54) is 0 Å². The van der Waals surface area contributed by atoms with Crippen LogP contribution in [0.5, 0.6) is 5.75 Å². The number of carbonyl (C=O) groups is 1. The van der Waals surface area contributed by atoms with E-state index in [4.69, 9.17) is 0 Å². The molecule has 0 saturated carbocycles. The van der Waals surface area contributed by atoms with Gasteiger partial charge < -0.3 is 14.9 Å². The average molecular weight is 370 g/mol. The molecule has 1 N–H and O–H groups in total. The Bertz CT molecular complexity index is 805. The van der Waals surface area contributed by atoms with Crippen molar-refractivity contribution in [3.63, 3.8) is 0 Å². The molecule has 1 amide bonds. The highest BCUT2D eigenvalue weighted by atomic mass is 16.3. The number of aromatic nitrogens is 2. The Morgan fingerprint density at radius 2 is 1.81 bits per heavy atom. The van der Waals surface area contributed by atoms with Crippen molar-refractivity contribution in [3.8, 4) is 5.75 Å². The highest BCUT2D eigenvalue weighted by molar-refractivity contribution is 5.79. The van der Waals surface area contributed by atoms with E-state index in [0.717, 1.165) is 42.3 Å². The molecule has 1 aromatic carbocycles. The summed E-state index contributed by atoms with van der Waals surface area (Å²) in [5.74, 6) is 0.970. The molecule has 1 aliphatic heterocycles. The fourth-order valence-electron chi connectivity index (χ4n) is 3.70. The Kier molecular flexibility index (Phi) is 5.73. The molecule has 146 valence electrons. The van der Waals surface area contributed by atoms with Gasteiger partial charge in [-0.25, -0.2) is 0 Å². The van der Waals surface area contributed by atoms with E-state index >= 15 is 0 Å². The van der Waals surface area contributed by atoms with Gasteiger partial charge in [0.05, 0.1) is 17.8 Å². The lowest BCUT2D eigenvalue weighted by Gasteiger charge is -2.36. The number of aryl methyl sites for hydroxylation is 1. The van der Waals surface area contributed by atoms with Gasteiger partial charge in [0.1, 0.15) is 5.75 Å². The maximum absolute atomic E-state index is 12.8. The molecule has 6 nitrogen and oxygen atoms in total. The van der Waals surface area contributed by atoms with Crippen molar-refractivity contribution in [2.24, 2.45) is 5.92 Å². The number of para-hydroxylation sites is 2. The molecule has 0 aliphatic carbocycles. The van der Waals surface area contributed by atoms with Crippen LogP contribution in [-0.4, -0.2) is 51.9 Å². The Labute approximate surface area is 161 Å². The van der Waals surface area contributed by atoms with Crippen molar-refractivity contribution >= 4 is 11.6 Å². The van der Waals surface area contributed by atoms with Crippen molar-refractivity contribution in [2.45, 2.75) is 40.7 Å². The minimum Gasteiger partial charge on any atom is -0.506 e. The molecule has 1 fully saturated rings. The van der Waals surface area contributed by atoms with Gasteiger partial charge in [-0.15, -0.1) is 0 Å². The molecule has 27 heavy (non-hydrogen) atoms. The zero-order chi connectivity index (χ0) is 19.6. The molecule has 0 atom stereocenters. The summed E-state index contributed by atoms with van der Waals surface area (Å²) in [6, 6.07) is 7.37. The molecule has 6 heteroatoms. The number of phenolic OH excluding ortho intramolecular Hbond substituents is 1. The minimum absolute atomic E-state index is 0.155. The number of phenols is 1. The zero-order valence-electron chi connectivity index (χ0n) is 16.8. The van der Waals surface area contributed by atoms with Crippen LogP contribution in [0.3, 0.4) is 0 Å². The first-order valence-corrected chi connectivity index (χ1v) is 9.70. The summed E-state index contributed by atoms with van der Waals surface area (Å²) in [4.78, 5) is 16.9. The number of aromatic hydroxyl groups is 1. The molecular weight excluding hydrogens is 340 g/mol. The number of benzene rings is 1. The van der Waals surface area contributed by atoms with E-state index in [0.29, 0.717) is 31.2 Å². The molecule has 1 aromatic heterocycles. The van der Waals surface area contributed by atoms with E-state index in [1.54, 1.807) is 6.07 Å². The first-order chi connectivity index (χ1) is 12.9. The number of carbonyl (C=O) groups excluding carboxylic acids is 1. The van der Waals surface area contributed by atoms with Crippen LogP contribution in [0.25, 0.3) is 0 Å². The van der Waals surface area contributed by atoms with Crippen LogP contribution in [0.2, 0.25) is 0 Å². The van der Waals surface area contributed by atoms with Gasteiger partial charge in [-0.3, -0.25) is 9.48 Å². The number of amides is 1. The van der Waals surface area contributed by atoms with Gasteiger partial charge in [0.2, 0.25) is 5.91 Å². The van der Waals surface area contributed by atoms with E-state index in [9.17, 15) is 9.90 Å². The minimum atomic E-state index is 0.155. The number of hydrogen-bond donors (Lipinski definition) is 1. The molecule has 1 aliphatic rings. The second-order valence-electron chi connectivity index (χ2n) is 7.76. The summed E-state index contributed by atoms with van der Waals surface area (Å²) in [6.07, 6.45) is 0.409. The maximum Gasteiger partial charge on any atom is 0.227 e. The number of anilines is 1. The predicted octanol–water partition coefficient (Wildman–Crippen LogP) is 2.75. The molecule has 1 saturated heterocycles. The highest BCUT2D eigenvalue weighted by Crippen LogP contribution is 2.27. The van der Waals surface area contributed by atoms with Gasteiger partial charge in [0.15, 0.2) is 0 Å². The summed E-state index contributed by atoms with van der Waals surface area (Å²) >= 11 is 0.